The molecule has 0 saturated carbocycles. The van der Waals surface area contributed by atoms with Gasteiger partial charge in [-0.25, -0.2) is 0 Å². The molecule has 2 aliphatic rings. The van der Waals surface area contributed by atoms with E-state index in [4.69, 9.17) is 10.00 Å². The molecule has 0 bridgehead atoms. The zero-order valence-corrected chi connectivity index (χ0v) is 10.6. The fraction of sp³-hybridized carbons (Fsp3) is 0.833. The Labute approximate surface area is 102 Å². The third kappa shape index (κ3) is 2.09. The Morgan fingerprint density at radius 3 is 2.53 bits per heavy atom. The Morgan fingerprint density at radius 2 is 2.18 bits per heavy atom. The molecule has 2 rings (SSSR count). The number of ether oxygens (including phenoxy) is 1. The van der Waals surface area contributed by atoms with Crippen LogP contribution in [0.5, 0.6) is 0 Å². The van der Waals surface area contributed by atoms with Gasteiger partial charge in [0.1, 0.15) is 0 Å². The predicted octanol–water partition coefficient (Wildman–Crippen LogP) is 0.473. The summed E-state index contributed by atoms with van der Waals surface area (Å²) >= 11 is 0. The molecule has 1 spiro atoms. The lowest BCUT2D eigenvalue weighted by molar-refractivity contribution is -0.129. The third-order valence-corrected chi connectivity index (χ3v) is 3.48. The van der Waals surface area contributed by atoms with Gasteiger partial charge in [0.25, 0.3) is 0 Å². The minimum atomic E-state index is -0.386. The summed E-state index contributed by atoms with van der Waals surface area (Å²) < 4.78 is 5.21. The molecule has 0 aromatic heterocycles. The van der Waals surface area contributed by atoms with E-state index in [2.05, 4.69) is 11.5 Å². The molecule has 94 valence electrons. The highest BCUT2D eigenvalue weighted by Gasteiger charge is 2.51. The molecule has 1 N–H and O–H groups in total. The van der Waals surface area contributed by atoms with Crippen LogP contribution in [0.1, 0.15) is 27.2 Å². The molecule has 1 atom stereocenters. The molecule has 0 aromatic rings. The van der Waals surface area contributed by atoms with Crippen molar-refractivity contribution in [3.8, 4) is 6.19 Å². The molecule has 2 fully saturated rings. The van der Waals surface area contributed by atoms with Crippen molar-refractivity contribution < 1.29 is 9.53 Å². The quantitative estimate of drug-likeness (QED) is 0.673. The van der Waals surface area contributed by atoms with E-state index >= 15 is 0 Å². The molecule has 5 heteroatoms. The maximum Gasteiger partial charge on any atom is 0.225 e. The van der Waals surface area contributed by atoms with Gasteiger partial charge in [-0.1, -0.05) is 20.8 Å². The number of likely N-dealkylation sites (tertiary alicyclic amines) is 1. The summed E-state index contributed by atoms with van der Waals surface area (Å²) in [5.41, 5.74) is -0.534. The van der Waals surface area contributed by atoms with Gasteiger partial charge >= 0.3 is 0 Å². The Balaban J connectivity index is 1.98. The number of hydrogen-bond acceptors (Lipinski definition) is 4. The first-order valence-corrected chi connectivity index (χ1v) is 5.93. The fourth-order valence-corrected chi connectivity index (χ4v) is 2.30. The Hall–Kier alpha value is -1.28. The van der Waals surface area contributed by atoms with E-state index in [1.165, 1.54) is 0 Å². The summed E-state index contributed by atoms with van der Waals surface area (Å²) in [4.78, 5) is 13.6. The number of amides is 1. The van der Waals surface area contributed by atoms with E-state index in [0.29, 0.717) is 19.8 Å². The average molecular weight is 237 g/mol. The van der Waals surface area contributed by atoms with Crippen LogP contribution in [0.2, 0.25) is 0 Å². The van der Waals surface area contributed by atoms with E-state index < -0.39 is 0 Å². The van der Waals surface area contributed by atoms with Crippen molar-refractivity contribution >= 4 is 5.91 Å². The fourth-order valence-electron chi connectivity index (χ4n) is 2.30. The number of nitrogens with one attached hydrogen (secondary N) is 1. The van der Waals surface area contributed by atoms with Crippen molar-refractivity contribution in [2.24, 2.45) is 5.41 Å². The van der Waals surface area contributed by atoms with Crippen LogP contribution in [0.3, 0.4) is 0 Å². The standard InChI is InChI=1S/C12H19N3O2/c1-11(2,3)10(16)14-9-4-12(6-17-7-12)15(5-9)8-13/h9H,4-7H2,1-3H3,(H,14,16). The van der Waals surface area contributed by atoms with Crippen LogP contribution in [0.25, 0.3) is 0 Å². The van der Waals surface area contributed by atoms with Crippen LogP contribution in [0.15, 0.2) is 0 Å². The number of hydrogen-bond donors (Lipinski definition) is 1. The molecule has 2 heterocycles. The highest BCUT2D eigenvalue weighted by molar-refractivity contribution is 5.81. The van der Waals surface area contributed by atoms with Crippen LogP contribution in [0, 0.1) is 16.9 Å². The van der Waals surface area contributed by atoms with Crippen molar-refractivity contribution in [2.75, 3.05) is 19.8 Å². The van der Waals surface area contributed by atoms with E-state index in [0.717, 1.165) is 6.42 Å². The molecule has 2 saturated heterocycles. The molecule has 2 aliphatic heterocycles. The molecule has 0 aliphatic carbocycles. The van der Waals surface area contributed by atoms with Gasteiger partial charge in [0.15, 0.2) is 6.19 Å². The van der Waals surface area contributed by atoms with Crippen LogP contribution >= 0.6 is 0 Å². The number of rotatable bonds is 1. The zero-order chi connectivity index (χ0) is 12.7. The van der Waals surface area contributed by atoms with Gasteiger partial charge < -0.3 is 10.1 Å². The molecule has 0 radical (unpaired) electrons. The van der Waals surface area contributed by atoms with Gasteiger partial charge in [-0.3, -0.25) is 9.69 Å². The summed E-state index contributed by atoms with van der Waals surface area (Å²) in [6.07, 6.45) is 3.01. The summed E-state index contributed by atoms with van der Waals surface area (Å²) in [6.45, 7) is 7.47. The Morgan fingerprint density at radius 1 is 1.53 bits per heavy atom. The third-order valence-electron chi connectivity index (χ3n) is 3.48. The van der Waals surface area contributed by atoms with Gasteiger partial charge in [-0.2, -0.15) is 5.26 Å². The SMILES string of the molecule is CC(C)(C)C(=O)NC1CN(C#N)C2(COC2)C1. The minimum Gasteiger partial charge on any atom is -0.376 e. The van der Waals surface area contributed by atoms with Crippen molar-refractivity contribution in [1.29, 1.82) is 5.26 Å². The lowest BCUT2D eigenvalue weighted by atomic mass is 9.91. The summed E-state index contributed by atoms with van der Waals surface area (Å²) in [7, 11) is 0. The zero-order valence-electron chi connectivity index (χ0n) is 10.6. The second-order valence-corrected chi connectivity index (χ2v) is 6.05. The van der Waals surface area contributed by atoms with E-state index in [9.17, 15) is 4.79 Å². The molecule has 1 unspecified atom stereocenters. The van der Waals surface area contributed by atoms with Crippen LogP contribution in [-0.2, 0) is 9.53 Å². The maximum atomic E-state index is 11.9. The van der Waals surface area contributed by atoms with Crippen molar-refractivity contribution in [2.45, 2.75) is 38.8 Å². The number of nitriles is 1. The predicted molar refractivity (Wildman–Crippen MR) is 61.9 cm³/mol. The summed E-state index contributed by atoms with van der Waals surface area (Å²) in [6, 6.07) is 0.0604. The van der Waals surface area contributed by atoms with Gasteiger partial charge in [0.05, 0.1) is 18.8 Å². The molecule has 1 amide bonds. The van der Waals surface area contributed by atoms with Crippen LogP contribution in [0.4, 0.5) is 0 Å². The van der Waals surface area contributed by atoms with Gasteiger partial charge in [0, 0.05) is 18.0 Å². The summed E-state index contributed by atoms with van der Waals surface area (Å²) in [5.74, 6) is 0.0395. The van der Waals surface area contributed by atoms with Crippen molar-refractivity contribution in [1.82, 2.24) is 10.2 Å². The van der Waals surface area contributed by atoms with E-state index in [1.807, 2.05) is 20.8 Å². The largest absolute Gasteiger partial charge is 0.376 e. The van der Waals surface area contributed by atoms with Crippen LogP contribution in [-0.4, -0.2) is 42.1 Å². The smallest absolute Gasteiger partial charge is 0.225 e. The van der Waals surface area contributed by atoms with E-state index in [-0.39, 0.29) is 22.9 Å². The first-order valence-electron chi connectivity index (χ1n) is 5.93. The first-order chi connectivity index (χ1) is 7.87. The molecule has 17 heavy (non-hydrogen) atoms. The topological polar surface area (TPSA) is 65.4 Å². The van der Waals surface area contributed by atoms with Crippen LogP contribution < -0.4 is 5.32 Å². The van der Waals surface area contributed by atoms with Crippen molar-refractivity contribution in [3.05, 3.63) is 0 Å². The minimum absolute atomic E-state index is 0.0395. The van der Waals surface area contributed by atoms with Gasteiger partial charge in [-0.15, -0.1) is 0 Å². The first kappa shape index (κ1) is 12.2. The lowest BCUT2D eigenvalue weighted by Gasteiger charge is -2.42. The van der Waals surface area contributed by atoms with Gasteiger partial charge in [0.2, 0.25) is 5.91 Å². The number of nitrogens with zero attached hydrogens (tertiary/aromatic N) is 2. The average Bonchev–Trinajstić information content (AvgIpc) is 2.54. The van der Waals surface area contributed by atoms with E-state index in [1.54, 1.807) is 4.90 Å². The molecule has 0 aromatic carbocycles. The van der Waals surface area contributed by atoms with Crippen molar-refractivity contribution in [3.63, 3.8) is 0 Å². The molecular weight excluding hydrogens is 218 g/mol. The number of carbonyl (C=O) groups is 1. The van der Waals surface area contributed by atoms with Gasteiger partial charge in [-0.05, 0) is 6.42 Å². The molecule has 5 nitrogen and oxygen atoms in total. The summed E-state index contributed by atoms with van der Waals surface area (Å²) in [5, 5.41) is 12.1. The highest BCUT2D eigenvalue weighted by atomic mass is 16.5. The lowest BCUT2D eigenvalue weighted by Crippen LogP contribution is -2.57. The monoisotopic (exact) mass is 237 g/mol. The molecular formula is C12H19N3O2. The normalized spacial score (nSPS) is 26.5. The highest BCUT2D eigenvalue weighted by Crippen LogP contribution is 2.35. The maximum absolute atomic E-state index is 11.9. The second kappa shape index (κ2) is 3.88. The Bertz CT molecular complexity index is 363. The Kier molecular flexibility index (Phi) is 2.78. The number of carbonyl (C=O) groups excluding carboxylic acids is 1. The second-order valence-electron chi connectivity index (χ2n) is 6.05.